The van der Waals surface area contributed by atoms with Crippen LogP contribution in [-0.4, -0.2) is 0 Å². The van der Waals surface area contributed by atoms with Gasteiger partial charge in [-0.15, -0.1) is 0 Å². The molecule has 1 aliphatic carbocycles. The molecular weight excluding hydrogens is 156 g/mol. The zero-order valence-corrected chi connectivity index (χ0v) is 8.37. The maximum atomic E-state index is 2.38. The first-order chi connectivity index (χ1) is 6.36. The second-order valence-corrected chi connectivity index (χ2v) is 4.38. The Hall–Kier alpha value is -0.780. The summed E-state index contributed by atoms with van der Waals surface area (Å²) in [5.74, 6) is 1.77. The Morgan fingerprint density at radius 2 is 1.85 bits per heavy atom. The summed E-state index contributed by atoms with van der Waals surface area (Å²) in [6, 6.07) is 11.0. The van der Waals surface area contributed by atoms with Crippen molar-refractivity contribution in [3.05, 3.63) is 35.9 Å². The number of rotatable bonds is 1. The molecular formula is C13H18. The quantitative estimate of drug-likeness (QED) is 0.604. The van der Waals surface area contributed by atoms with E-state index >= 15 is 0 Å². The Labute approximate surface area is 81.0 Å². The van der Waals surface area contributed by atoms with Crippen LogP contribution in [0.4, 0.5) is 0 Å². The largest absolute Gasteiger partial charge is 0.0625 e. The van der Waals surface area contributed by atoms with Crippen LogP contribution >= 0.6 is 0 Å². The lowest BCUT2D eigenvalue weighted by atomic mass is 9.79. The van der Waals surface area contributed by atoms with Crippen LogP contribution in [0.5, 0.6) is 0 Å². The number of benzene rings is 1. The fraction of sp³-hybridized carbons (Fsp3) is 0.538. The summed E-state index contributed by atoms with van der Waals surface area (Å²) in [7, 11) is 0. The van der Waals surface area contributed by atoms with Gasteiger partial charge < -0.3 is 0 Å². The first-order valence-electron chi connectivity index (χ1n) is 5.41. The number of hydrogen-bond donors (Lipinski definition) is 0. The highest BCUT2D eigenvalue weighted by atomic mass is 14.2. The fourth-order valence-electron chi connectivity index (χ4n) is 2.46. The van der Waals surface area contributed by atoms with Crippen molar-refractivity contribution < 1.29 is 0 Å². The topological polar surface area (TPSA) is 0 Å². The molecule has 1 saturated carbocycles. The van der Waals surface area contributed by atoms with Crippen molar-refractivity contribution in [1.82, 2.24) is 0 Å². The third-order valence-corrected chi connectivity index (χ3v) is 3.21. The van der Waals surface area contributed by atoms with E-state index in [2.05, 4.69) is 37.3 Å². The zero-order chi connectivity index (χ0) is 9.10. The van der Waals surface area contributed by atoms with Gasteiger partial charge in [0.2, 0.25) is 0 Å². The van der Waals surface area contributed by atoms with Crippen molar-refractivity contribution in [2.45, 2.75) is 38.5 Å². The molecule has 1 aromatic carbocycles. The van der Waals surface area contributed by atoms with Crippen LogP contribution in [0.15, 0.2) is 30.3 Å². The predicted octanol–water partition coefficient (Wildman–Crippen LogP) is 3.98. The summed E-state index contributed by atoms with van der Waals surface area (Å²) in [6.07, 6.45) is 5.64. The molecule has 13 heavy (non-hydrogen) atoms. The Kier molecular flexibility index (Phi) is 2.68. The lowest BCUT2D eigenvalue weighted by molar-refractivity contribution is 0.344. The van der Waals surface area contributed by atoms with Crippen LogP contribution < -0.4 is 0 Å². The highest BCUT2D eigenvalue weighted by Crippen LogP contribution is 2.35. The van der Waals surface area contributed by atoms with E-state index in [1.54, 1.807) is 5.56 Å². The molecule has 0 amide bonds. The molecule has 1 aliphatic rings. The van der Waals surface area contributed by atoms with Gasteiger partial charge in [-0.1, -0.05) is 50.1 Å². The third kappa shape index (κ3) is 2.12. The number of hydrogen-bond acceptors (Lipinski definition) is 0. The average Bonchev–Trinajstić information content (AvgIpc) is 2.19. The third-order valence-electron chi connectivity index (χ3n) is 3.21. The van der Waals surface area contributed by atoms with Crippen LogP contribution in [0.1, 0.15) is 44.1 Å². The maximum absolute atomic E-state index is 2.38. The van der Waals surface area contributed by atoms with Crippen molar-refractivity contribution in [3.8, 4) is 0 Å². The molecule has 0 spiro atoms. The van der Waals surface area contributed by atoms with Gasteiger partial charge in [0.05, 0.1) is 0 Å². The van der Waals surface area contributed by atoms with E-state index in [-0.39, 0.29) is 0 Å². The summed E-state index contributed by atoms with van der Waals surface area (Å²) in [6.45, 7) is 2.38. The summed E-state index contributed by atoms with van der Waals surface area (Å²) in [4.78, 5) is 0. The second kappa shape index (κ2) is 3.95. The van der Waals surface area contributed by atoms with Crippen LogP contribution in [0.2, 0.25) is 0 Å². The van der Waals surface area contributed by atoms with E-state index < -0.39 is 0 Å². The first-order valence-corrected chi connectivity index (χ1v) is 5.41. The van der Waals surface area contributed by atoms with Gasteiger partial charge in [-0.05, 0) is 30.2 Å². The molecule has 0 radical (unpaired) electrons. The van der Waals surface area contributed by atoms with Gasteiger partial charge in [0.25, 0.3) is 0 Å². The fourth-order valence-corrected chi connectivity index (χ4v) is 2.46. The molecule has 1 fully saturated rings. The van der Waals surface area contributed by atoms with Crippen molar-refractivity contribution in [1.29, 1.82) is 0 Å². The lowest BCUT2D eigenvalue weighted by Crippen LogP contribution is -2.11. The molecule has 1 unspecified atom stereocenters. The Morgan fingerprint density at radius 3 is 2.54 bits per heavy atom. The van der Waals surface area contributed by atoms with Gasteiger partial charge in [0, 0.05) is 0 Å². The molecule has 0 saturated heterocycles. The van der Waals surface area contributed by atoms with Crippen molar-refractivity contribution in [2.75, 3.05) is 0 Å². The minimum absolute atomic E-state index is 0.838. The van der Waals surface area contributed by atoms with Gasteiger partial charge in [-0.2, -0.15) is 0 Å². The van der Waals surface area contributed by atoms with Gasteiger partial charge in [-0.3, -0.25) is 0 Å². The molecule has 0 N–H and O–H groups in total. The predicted molar refractivity (Wildman–Crippen MR) is 56.8 cm³/mol. The monoisotopic (exact) mass is 174 g/mol. The van der Waals surface area contributed by atoms with Crippen molar-refractivity contribution in [2.24, 2.45) is 5.92 Å². The molecule has 0 nitrogen and oxygen atoms in total. The van der Waals surface area contributed by atoms with Crippen molar-refractivity contribution >= 4 is 0 Å². The Morgan fingerprint density at radius 1 is 1.08 bits per heavy atom. The molecule has 0 heteroatoms. The Bertz CT molecular complexity index is 250. The normalized spacial score (nSPS) is 28.7. The second-order valence-electron chi connectivity index (χ2n) is 4.38. The summed E-state index contributed by atoms with van der Waals surface area (Å²) in [5.41, 5.74) is 1.55. The summed E-state index contributed by atoms with van der Waals surface area (Å²) in [5, 5.41) is 0. The van der Waals surface area contributed by atoms with Crippen LogP contribution in [0.3, 0.4) is 0 Å². The van der Waals surface area contributed by atoms with Crippen LogP contribution in [-0.2, 0) is 0 Å². The molecule has 1 aromatic rings. The SMILES string of the molecule is CC1CCC[C@H](c2ccccc2)C1. The van der Waals surface area contributed by atoms with E-state index in [1.165, 1.54) is 25.7 Å². The maximum Gasteiger partial charge on any atom is -0.0159 e. The minimum Gasteiger partial charge on any atom is -0.0625 e. The summed E-state index contributed by atoms with van der Waals surface area (Å²) >= 11 is 0. The van der Waals surface area contributed by atoms with Gasteiger partial charge in [0.1, 0.15) is 0 Å². The van der Waals surface area contributed by atoms with Gasteiger partial charge in [0.15, 0.2) is 0 Å². The van der Waals surface area contributed by atoms with E-state index in [4.69, 9.17) is 0 Å². The van der Waals surface area contributed by atoms with Gasteiger partial charge in [-0.25, -0.2) is 0 Å². The standard InChI is InChI=1S/C13H18/c1-11-6-5-9-13(10-11)12-7-3-2-4-8-12/h2-4,7-8,11,13H,5-6,9-10H2,1H3/t11?,13-/m0/s1. The Balaban J connectivity index is 2.08. The molecule has 0 aliphatic heterocycles. The molecule has 0 heterocycles. The van der Waals surface area contributed by atoms with E-state index in [1.807, 2.05) is 0 Å². The van der Waals surface area contributed by atoms with Crippen LogP contribution in [0, 0.1) is 5.92 Å². The lowest BCUT2D eigenvalue weighted by Gasteiger charge is -2.26. The first kappa shape index (κ1) is 8.80. The highest BCUT2D eigenvalue weighted by Gasteiger charge is 2.19. The van der Waals surface area contributed by atoms with Crippen LogP contribution in [0.25, 0.3) is 0 Å². The van der Waals surface area contributed by atoms with Crippen molar-refractivity contribution in [3.63, 3.8) is 0 Å². The minimum atomic E-state index is 0.838. The highest BCUT2D eigenvalue weighted by molar-refractivity contribution is 5.19. The van der Waals surface area contributed by atoms with Gasteiger partial charge >= 0.3 is 0 Å². The average molecular weight is 174 g/mol. The van der Waals surface area contributed by atoms with E-state index in [0.29, 0.717) is 0 Å². The van der Waals surface area contributed by atoms with E-state index in [0.717, 1.165) is 11.8 Å². The zero-order valence-electron chi connectivity index (χ0n) is 8.37. The molecule has 70 valence electrons. The molecule has 0 bridgehead atoms. The van der Waals surface area contributed by atoms with E-state index in [9.17, 15) is 0 Å². The smallest absolute Gasteiger partial charge is 0.0159 e. The molecule has 2 rings (SSSR count). The molecule has 2 atom stereocenters. The molecule has 0 aromatic heterocycles. The summed E-state index contributed by atoms with van der Waals surface area (Å²) < 4.78 is 0.